The van der Waals surface area contributed by atoms with Crippen molar-refractivity contribution in [2.45, 2.75) is 0 Å². The number of nitrogen functional groups attached to an aromatic ring is 1. The van der Waals surface area contributed by atoms with Crippen molar-refractivity contribution in [3.05, 3.63) is 11.5 Å². The summed E-state index contributed by atoms with van der Waals surface area (Å²) in [6.45, 7) is 4.83. The fraction of sp³-hybridized carbons (Fsp3) is 0.250. The van der Waals surface area contributed by atoms with Crippen molar-refractivity contribution in [2.75, 3.05) is 18.9 Å². The van der Waals surface area contributed by atoms with Gasteiger partial charge in [0.2, 0.25) is 0 Å². The topological polar surface area (TPSA) is 44.5 Å². The molecule has 0 spiro atoms. The fourth-order valence-corrected chi connectivity index (χ4v) is 1.94. The number of anilines is 1. The molecule has 0 atom stereocenters. The highest BCUT2D eigenvalue weighted by Gasteiger charge is 2.20. The maximum atomic E-state index is 5.70. The van der Waals surface area contributed by atoms with Gasteiger partial charge in [-0.05, 0) is 6.08 Å². The third-order valence-corrected chi connectivity index (χ3v) is 2.61. The molecule has 0 amide bonds. The van der Waals surface area contributed by atoms with E-state index < -0.39 is 0 Å². The maximum absolute atomic E-state index is 5.70. The molecule has 1 aromatic rings. The second kappa shape index (κ2) is 2.71. The van der Waals surface area contributed by atoms with Crippen LogP contribution in [0.5, 0.6) is 11.5 Å². The summed E-state index contributed by atoms with van der Waals surface area (Å²) >= 11 is 1.44. The molecule has 12 heavy (non-hydrogen) atoms. The number of fused-ring (bicyclic) bond motifs is 1. The van der Waals surface area contributed by atoms with Gasteiger partial charge in [0.05, 0.1) is 4.88 Å². The molecule has 1 aliphatic rings. The van der Waals surface area contributed by atoms with Crippen LogP contribution in [0.1, 0.15) is 4.88 Å². The highest BCUT2D eigenvalue weighted by Crippen LogP contribution is 2.46. The Kier molecular flexibility index (Phi) is 1.69. The molecule has 2 heterocycles. The monoisotopic (exact) mass is 183 g/mol. The summed E-state index contributed by atoms with van der Waals surface area (Å²) in [5.74, 6) is 1.43. The Hall–Kier alpha value is -1.16. The van der Waals surface area contributed by atoms with Gasteiger partial charge >= 0.3 is 0 Å². The Labute approximate surface area is 74.4 Å². The second-order valence-electron chi connectivity index (χ2n) is 2.39. The smallest absolute Gasteiger partial charge is 0.196 e. The van der Waals surface area contributed by atoms with E-state index in [1.54, 1.807) is 6.08 Å². The zero-order chi connectivity index (χ0) is 8.55. The van der Waals surface area contributed by atoms with E-state index in [4.69, 9.17) is 15.2 Å². The molecule has 1 aromatic heterocycles. The van der Waals surface area contributed by atoms with Gasteiger partial charge in [0.25, 0.3) is 0 Å². The van der Waals surface area contributed by atoms with Crippen LogP contribution in [0.2, 0.25) is 0 Å². The molecule has 0 saturated carbocycles. The highest BCUT2D eigenvalue weighted by atomic mass is 32.1. The van der Waals surface area contributed by atoms with Crippen LogP contribution in [-0.4, -0.2) is 13.2 Å². The Balaban J connectivity index is 2.53. The molecule has 4 heteroatoms. The van der Waals surface area contributed by atoms with Crippen LogP contribution in [0.4, 0.5) is 5.00 Å². The van der Waals surface area contributed by atoms with Crippen molar-refractivity contribution in [3.63, 3.8) is 0 Å². The average Bonchev–Trinajstić information content (AvgIpc) is 2.44. The summed E-state index contributed by atoms with van der Waals surface area (Å²) in [6, 6.07) is 0. The quantitative estimate of drug-likeness (QED) is 0.721. The van der Waals surface area contributed by atoms with Crippen LogP contribution in [0.3, 0.4) is 0 Å². The van der Waals surface area contributed by atoms with E-state index in [2.05, 4.69) is 6.58 Å². The van der Waals surface area contributed by atoms with Gasteiger partial charge in [-0.2, -0.15) is 0 Å². The lowest BCUT2D eigenvalue weighted by Crippen LogP contribution is -2.15. The Morgan fingerprint density at radius 1 is 1.33 bits per heavy atom. The first-order valence-electron chi connectivity index (χ1n) is 3.63. The number of nitrogens with two attached hydrogens (primary N) is 1. The predicted molar refractivity (Wildman–Crippen MR) is 49.8 cm³/mol. The molecule has 2 N–H and O–H groups in total. The highest BCUT2D eigenvalue weighted by molar-refractivity contribution is 7.17. The number of hydrogen-bond acceptors (Lipinski definition) is 4. The van der Waals surface area contributed by atoms with Crippen molar-refractivity contribution >= 4 is 22.4 Å². The minimum atomic E-state index is 0.574. The van der Waals surface area contributed by atoms with Crippen LogP contribution in [0, 0.1) is 0 Å². The number of thiophene rings is 1. The molecule has 0 bridgehead atoms. The first-order valence-corrected chi connectivity index (χ1v) is 4.45. The van der Waals surface area contributed by atoms with Gasteiger partial charge in [-0.3, -0.25) is 0 Å². The Bertz CT molecular complexity index is 319. The van der Waals surface area contributed by atoms with Crippen LogP contribution in [0.15, 0.2) is 6.58 Å². The number of hydrogen-bond donors (Lipinski definition) is 1. The zero-order valence-electron chi connectivity index (χ0n) is 6.50. The zero-order valence-corrected chi connectivity index (χ0v) is 7.32. The molecule has 0 unspecified atom stereocenters. The van der Waals surface area contributed by atoms with Gasteiger partial charge in [0.15, 0.2) is 11.5 Å². The van der Waals surface area contributed by atoms with Crippen LogP contribution in [-0.2, 0) is 0 Å². The SMILES string of the molecule is C=Cc1sc(N)c2c1OCCO2. The van der Waals surface area contributed by atoms with Gasteiger partial charge < -0.3 is 15.2 Å². The fourth-order valence-electron chi connectivity index (χ4n) is 1.13. The summed E-state index contributed by atoms with van der Waals surface area (Å²) in [6.07, 6.45) is 1.73. The molecule has 1 aliphatic heterocycles. The lowest BCUT2D eigenvalue weighted by atomic mass is 10.3. The van der Waals surface area contributed by atoms with Crippen LogP contribution >= 0.6 is 11.3 Å². The third kappa shape index (κ3) is 0.956. The summed E-state index contributed by atoms with van der Waals surface area (Å²) in [5.41, 5.74) is 5.70. The molecule has 3 nitrogen and oxygen atoms in total. The summed E-state index contributed by atoms with van der Waals surface area (Å²) in [4.78, 5) is 0.946. The van der Waals surface area contributed by atoms with Crippen molar-refractivity contribution in [2.24, 2.45) is 0 Å². The number of rotatable bonds is 1. The average molecular weight is 183 g/mol. The van der Waals surface area contributed by atoms with Crippen LogP contribution < -0.4 is 15.2 Å². The van der Waals surface area contributed by atoms with Crippen molar-refractivity contribution in [1.29, 1.82) is 0 Å². The van der Waals surface area contributed by atoms with Gasteiger partial charge in [-0.15, -0.1) is 11.3 Å². The van der Waals surface area contributed by atoms with E-state index in [0.717, 1.165) is 10.6 Å². The molecule has 0 fully saturated rings. The molecule has 0 saturated heterocycles. The van der Waals surface area contributed by atoms with Crippen LogP contribution in [0.25, 0.3) is 6.08 Å². The first-order chi connectivity index (χ1) is 5.83. The van der Waals surface area contributed by atoms with Crippen molar-refractivity contribution in [1.82, 2.24) is 0 Å². The molecular formula is C8H9NO2S. The number of ether oxygens (including phenoxy) is 2. The lowest BCUT2D eigenvalue weighted by Gasteiger charge is -2.15. The van der Waals surface area contributed by atoms with Gasteiger partial charge in [-0.25, -0.2) is 0 Å². The van der Waals surface area contributed by atoms with E-state index in [-0.39, 0.29) is 0 Å². The summed E-state index contributed by atoms with van der Waals surface area (Å²) < 4.78 is 10.7. The Morgan fingerprint density at radius 3 is 2.67 bits per heavy atom. The van der Waals surface area contributed by atoms with Crippen molar-refractivity contribution < 1.29 is 9.47 Å². The minimum absolute atomic E-state index is 0.574. The van der Waals surface area contributed by atoms with Gasteiger partial charge in [0.1, 0.15) is 18.2 Å². The minimum Gasteiger partial charge on any atom is -0.485 e. The van der Waals surface area contributed by atoms with E-state index >= 15 is 0 Å². The second-order valence-corrected chi connectivity index (χ2v) is 3.47. The molecular weight excluding hydrogens is 174 g/mol. The molecule has 0 aromatic carbocycles. The van der Waals surface area contributed by atoms with Crippen molar-refractivity contribution in [3.8, 4) is 11.5 Å². The summed E-state index contributed by atoms with van der Waals surface area (Å²) in [5, 5.41) is 0.666. The molecule has 64 valence electrons. The van der Waals surface area contributed by atoms with E-state index in [1.165, 1.54) is 11.3 Å². The molecule has 0 radical (unpaired) electrons. The Morgan fingerprint density at radius 2 is 2.00 bits per heavy atom. The first kappa shape index (κ1) is 7.49. The normalized spacial score (nSPS) is 14.3. The summed E-state index contributed by atoms with van der Waals surface area (Å²) in [7, 11) is 0. The molecule has 0 aliphatic carbocycles. The van der Waals surface area contributed by atoms with E-state index in [9.17, 15) is 0 Å². The maximum Gasteiger partial charge on any atom is 0.196 e. The van der Waals surface area contributed by atoms with E-state index in [0.29, 0.717) is 24.0 Å². The predicted octanol–water partition coefficient (Wildman–Crippen LogP) is 1.74. The van der Waals surface area contributed by atoms with E-state index in [1.807, 2.05) is 0 Å². The largest absolute Gasteiger partial charge is 0.485 e. The standard InChI is InChI=1S/C8H9NO2S/c1-2-5-6-7(8(9)12-5)11-4-3-10-6/h2H,1,3-4,9H2. The van der Waals surface area contributed by atoms with Gasteiger partial charge in [-0.1, -0.05) is 6.58 Å². The van der Waals surface area contributed by atoms with Gasteiger partial charge in [0, 0.05) is 0 Å². The molecule has 2 rings (SSSR count). The lowest BCUT2D eigenvalue weighted by molar-refractivity contribution is 0.174. The third-order valence-electron chi connectivity index (χ3n) is 1.64.